The molecule has 1 aromatic carbocycles. The van der Waals surface area contributed by atoms with Crippen molar-refractivity contribution in [3.63, 3.8) is 0 Å². The Morgan fingerprint density at radius 3 is 1.88 bits per heavy atom. The number of carboxylic acid groups (broad SMARTS) is 1. The minimum Gasteiger partial charge on any atom is -0.480 e. The maximum Gasteiger partial charge on any atom is 0.321 e. The molecule has 0 fully saturated rings. The number of para-hydroxylation sites is 1. The monoisotopic (exact) mass is 456 g/mol. The van der Waals surface area contributed by atoms with Gasteiger partial charge in [-0.3, -0.25) is 4.79 Å². The van der Waals surface area contributed by atoms with Gasteiger partial charge in [0.15, 0.2) is 0 Å². The summed E-state index contributed by atoms with van der Waals surface area (Å²) in [6, 6.07) is 7.54. The number of rotatable bonds is 21. The highest BCUT2D eigenvalue weighted by Crippen LogP contribution is 2.19. The molecule has 3 N–H and O–H groups in total. The first-order valence-corrected chi connectivity index (χ1v) is 13.7. The van der Waals surface area contributed by atoms with Crippen LogP contribution in [0.25, 0.3) is 10.9 Å². The molecule has 186 valence electrons. The number of unbranched alkanes of at least 4 members (excludes halogenated alkanes) is 15. The maximum atomic E-state index is 11.7. The first kappa shape index (κ1) is 27.4. The fourth-order valence-corrected chi connectivity index (χ4v) is 4.72. The van der Waals surface area contributed by atoms with Gasteiger partial charge in [0.05, 0.1) is 0 Å². The minimum absolute atomic E-state index is 0.512. The zero-order valence-corrected chi connectivity index (χ0v) is 21.0. The molecule has 0 bridgehead atoms. The summed E-state index contributed by atoms with van der Waals surface area (Å²) in [5.41, 5.74) is 2.13. The van der Waals surface area contributed by atoms with Crippen molar-refractivity contribution < 1.29 is 9.90 Å². The van der Waals surface area contributed by atoms with E-state index in [1.807, 2.05) is 24.4 Å². The molecule has 1 heterocycles. The summed E-state index contributed by atoms with van der Waals surface area (Å²) >= 11 is 0. The van der Waals surface area contributed by atoms with Crippen LogP contribution in [0, 0.1) is 0 Å². The van der Waals surface area contributed by atoms with Crippen LogP contribution in [0.2, 0.25) is 0 Å². The number of fused-ring (bicyclic) bond motifs is 1. The molecule has 2 aromatic rings. The number of benzene rings is 1. The molecule has 1 atom stereocenters. The quantitative estimate of drug-likeness (QED) is 0.167. The Morgan fingerprint density at radius 2 is 1.33 bits per heavy atom. The zero-order chi connectivity index (χ0) is 23.6. The van der Waals surface area contributed by atoms with Gasteiger partial charge < -0.3 is 15.4 Å². The Labute approximate surface area is 201 Å². The number of aliphatic carboxylic acids is 1. The fraction of sp³-hybridized carbons (Fsp3) is 0.690. The first-order chi connectivity index (χ1) is 16.2. The molecule has 1 aromatic heterocycles. The summed E-state index contributed by atoms with van der Waals surface area (Å²) < 4.78 is 0. The number of aromatic amines is 1. The van der Waals surface area contributed by atoms with Gasteiger partial charge in [-0.05, 0) is 24.6 Å². The lowest BCUT2D eigenvalue weighted by Gasteiger charge is -2.14. The van der Waals surface area contributed by atoms with E-state index in [0.29, 0.717) is 6.42 Å². The van der Waals surface area contributed by atoms with Gasteiger partial charge in [0, 0.05) is 23.5 Å². The predicted molar refractivity (Wildman–Crippen MR) is 141 cm³/mol. The highest BCUT2D eigenvalue weighted by Gasteiger charge is 2.18. The number of aromatic nitrogens is 1. The average molecular weight is 457 g/mol. The topological polar surface area (TPSA) is 65.1 Å². The molecule has 0 aliphatic rings. The molecule has 0 saturated carbocycles. The summed E-state index contributed by atoms with van der Waals surface area (Å²) in [6.07, 6.45) is 24.1. The SMILES string of the molecule is CCCCCCCCCCCCCCCCCCNC(Cc1c[nH]c2ccccc12)C(=O)O. The van der Waals surface area contributed by atoms with Crippen molar-refractivity contribution in [2.24, 2.45) is 0 Å². The average Bonchev–Trinajstić information content (AvgIpc) is 3.23. The van der Waals surface area contributed by atoms with Crippen molar-refractivity contribution in [3.8, 4) is 0 Å². The lowest BCUT2D eigenvalue weighted by atomic mass is 10.0. The predicted octanol–water partition coefficient (Wildman–Crippen LogP) is 8.01. The normalized spacial score (nSPS) is 12.4. The molecule has 0 saturated heterocycles. The number of nitrogens with one attached hydrogen (secondary N) is 2. The van der Waals surface area contributed by atoms with Crippen LogP contribution in [0.15, 0.2) is 30.5 Å². The van der Waals surface area contributed by atoms with Crippen LogP contribution in [0.5, 0.6) is 0 Å². The van der Waals surface area contributed by atoms with Crippen LogP contribution in [0.3, 0.4) is 0 Å². The third-order valence-corrected chi connectivity index (χ3v) is 6.82. The second-order valence-electron chi connectivity index (χ2n) is 9.71. The van der Waals surface area contributed by atoms with Crippen LogP contribution in [0.1, 0.15) is 115 Å². The fourth-order valence-electron chi connectivity index (χ4n) is 4.72. The summed E-state index contributed by atoms with van der Waals surface area (Å²) in [7, 11) is 0. The number of hydrogen-bond acceptors (Lipinski definition) is 2. The molecule has 0 aliphatic heterocycles. The van der Waals surface area contributed by atoms with Crippen molar-refractivity contribution in [3.05, 3.63) is 36.0 Å². The van der Waals surface area contributed by atoms with E-state index in [9.17, 15) is 9.90 Å². The lowest BCUT2D eigenvalue weighted by Crippen LogP contribution is -2.39. The van der Waals surface area contributed by atoms with Gasteiger partial charge in [-0.15, -0.1) is 0 Å². The van der Waals surface area contributed by atoms with Crippen molar-refractivity contribution in [2.45, 2.75) is 122 Å². The number of carboxylic acids is 1. The number of carbonyl (C=O) groups is 1. The van der Waals surface area contributed by atoms with Crippen molar-refractivity contribution in [2.75, 3.05) is 6.54 Å². The Kier molecular flexibility index (Phi) is 14.7. The Morgan fingerprint density at radius 1 is 0.818 bits per heavy atom. The third-order valence-electron chi connectivity index (χ3n) is 6.82. The van der Waals surface area contributed by atoms with E-state index in [4.69, 9.17) is 0 Å². The highest BCUT2D eigenvalue weighted by molar-refractivity contribution is 5.84. The maximum absolute atomic E-state index is 11.7. The van der Waals surface area contributed by atoms with E-state index in [1.165, 1.54) is 96.3 Å². The van der Waals surface area contributed by atoms with E-state index >= 15 is 0 Å². The van der Waals surface area contributed by atoms with Crippen LogP contribution >= 0.6 is 0 Å². The van der Waals surface area contributed by atoms with Crippen molar-refractivity contribution in [1.29, 1.82) is 0 Å². The molecule has 2 rings (SSSR count). The van der Waals surface area contributed by atoms with E-state index in [-0.39, 0.29) is 0 Å². The van der Waals surface area contributed by atoms with Crippen LogP contribution in [0.4, 0.5) is 0 Å². The van der Waals surface area contributed by atoms with Crippen molar-refractivity contribution >= 4 is 16.9 Å². The Balaban J connectivity index is 1.42. The second-order valence-corrected chi connectivity index (χ2v) is 9.71. The lowest BCUT2D eigenvalue weighted by molar-refractivity contribution is -0.139. The first-order valence-electron chi connectivity index (χ1n) is 13.7. The summed E-state index contributed by atoms with van der Waals surface area (Å²) in [5.74, 6) is -0.767. The van der Waals surface area contributed by atoms with Crippen LogP contribution in [-0.2, 0) is 11.2 Å². The molecule has 33 heavy (non-hydrogen) atoms. The van der Waals surface area contributed by atoms with E-state index in [1.54, 1.807) is 0 Å². The smallest absolute Gasteiger partial charge is 0.321 e. The van der Waals surface area contributed by atoms with E-state index in [2.05, 4.69) is 23.3 Å². The highest BCUT2D eigenvalue weighted by atomic mass is 16.4. The van der Waals surface area contributed by atoms with E-state index < -0.39 is 12.0 Å². The molecule has 0 aliphatic carbocycles. The summed E-state index contributed by atoms with van der Waals surface area (Å²) in [5, 5.41) is 14.0. The van der Waals surface area contributed by atoms with Gasteiger partial charge in [-0.2, -0.15) is 0 Å². The Bertz CT molecular complexity index is 755. The van der Waals surface area contributed by atoms with Gasteiger partial charge in [0.2, 0.25) is 0 Å². The van der Waals surface area contributed by atoms with E-state index in [0.717, 1.165) is 29.4 Å². The Hall–Kier alpha value is -1.81. The van der Waals surface area contributed by atoms with Crippen molar-refractivity contribution in [1.82, 2.24) is 10.3 Å². The molecule has 4 nitrogen and oxygen atoms in total. The number of H-pyrrole nitrogens is 1. The van der Waals surface area contributed by atoms with Crippen LogP contribution in [-0.4, -0.2) is 28.6 Å². The van der Waals surface area contributed by atoms with Gasteiger partial charge in [0.25, 0.3) is 0 Å². The minimum atomic E-state index is -0.767. The molecule has 0 amide bonds. The molecule has 4 heteroatoms. The van der Waals surface area contributed by atoms with Gasteiger partial charge in [-0.1, -0.05) is 121 Å². The van der Waals surface area contributed by atoms with Crippen LogP contribution < -0.4 is 5.32 Å². The molecular weight excluding hydrogens is 408 g/mol. The standard InChI is InChI=1S/C29H48N2O2/c1-2-3-4-5-6-7-8-9-10-11-12-13-14-15-16-19-22-30-28(29(32)33)23-25-24-31-27-21-18-17-20-26(25)27/h17-18,20-21,24,28,30-31H,2-16,19,22-23H2,1H3,(H,32,33). The number of hydrogen-bond donors (Lipinski definition) is 3. The summed E-state index contributed by atoms with van der Waals surface area (Å²) in [4.78, 5) is 14.9. The van der Waals surface area contributed by atoms with Gasteiger partial charge >= 0.3 is 5.97 Å². The molecule has 1 unspecified atom stereocenters. The second kappa shape index (κ2) is 17.6. The molecule has 0 radical (unpaired) electrons. The molecule has 0 spiro atoms. The molecular formula is C29H48N2O2. The largest absolute Gasteiger partial charge is 0.480 e. The van der Waals surface area contributed by atoms with Gasteiger partial charge in [0.1, 0.15) is 6.04 Å². The third kappa shape index (κ3) is 11.7. The zero-order valence-electron chi connectivity index (χ0n) is 21.0. The van der Waals surface area contributed by atoms with Gasteiger partial charge in [-0.25, -0.2) is 0 Å². The summed E-state index contributed by atoms with van der Waals surface area (Å²) in [6.45, 7) is 3.06.